The van der Waals surface area contributed by atoms with Crippen molar-refractivity contribution in [2.45, 2.75) is 9.79 Å². The van der Waals surface area contributed by atoms with Crippen molar-refractivity contribution in [1.29, 1.82) is 0 Å². The number of aromatic nitrogens is 2. The number of rotatable bonds is 2. The van der Waals surface area contributed by atoms with Gasteiger partial charge in [-0.25, -0.2) is 9.97 Å². The molecule has 0 fully saturated rings. The van der Waals surface area contributed by atoms with E-state index >= 15 is 0 Å². The molecule has 0 amide bonds. The quantitative estimate of drug-likeness (QED) is 0.193. The second-order valence-corrected chi connectivity index (χ2v) is 12.8. The number of hydrogen-bond acceptors (Lipinski definition) is 3. The third-order valence-corrected chi connectivity index (χ3v) is 10.1. The Hall–Kier alpha value is -5.77. The van der Waals surface area contributed by atoms with Crippen LogP contribution in [0, 0.1) is 0 Å². The van der Waals surface area contributed by atoms with Crippen LogP contribution in [0.15, 0.2) is 180 Å². The normalized spacial score (nSPS) is 11.7. The summed E-state index contributed by atoms with van der Waals surface area (Å²) in [6.45, 7) is 0. The Balaban J connectivity index is 1.36. The molecule has 0 spiro atoms. The van der Waals surface area contributed by atoms with Crippen LogP contribution in [0.4, 0.5) is 0 Å². The van der Waals surface area contributed by atoms with Crippen molar-refractivity contribution < 1.29 is 0 Å². The van der Waals surface area contributed by atoms with Crippen LogP contribution in [0.25, 0.3) is 78.1 Å². The van der Waals surface area contributed by atoms with Crippen molar-refractivity contribution in [3.05, 3.63) is 170 Å². The largest absolute Gasteiger partial charge is 0.228 e. The monoisotopic (exact) mass is 616 g/mol. The molecular weight excluding hydrogens is 589 g/mol. The summed E-state index contributed by atoms with van der Waals surface area (Å²) in [6.07, 6.45) is 0. The minimum atomic E-state index is 0.727. The van der Waals surface area contributed by atoms with Gasteiger partial charge in [-0.05, 0) is 68.8 Å². The van der Waals surface area contributed by atoms with E-state index in [1.54, 1.807) is 0 Å². The molecule has 0 unspecified atom stereocenters. The van der Waals surface area contributed by atoms with Crippen LogP contribution in [0.1, 0.15) is 0 Å². The molecule has 8 aromatic rings. The average Bonchev–Trinajstić information content (AvgIpc) is 3.16. The number of nitrogens with zero attached hydrogens (tertiary/aromatic N) is 2. The van der Waals surface area contributed by atoms with Crippen LogP contribution in [-0.2, 0) is 0 Å². The van der Waals surface area contributed by atoms with Crippen LogP contribution >= 0.6 is 11.8 Å². The molecule has 0 N–H and O–H groups in total. The highest BCUT2D eigenvalue weighted by atomic mass is 32.2. The molecule has 0 bridgehead atoms. The Bertz CT molecular complexity index is 2450. The van der Waals surface area contributed by atoms with Gasteiger partial charge in [0.25, 0.3) is 0 Å². The van der Waals surface area contributed by atoms with Gasteiger partial charge in [-0.1, -0.05) is 157 Å². The molecule has 220 valence electrons. The third kappa shape index (κ3) is 4.84. The molecule has 0 atom stereocenters. The van der Waals surface area contributed by atoms with E-state index < -0.39 is 0 Å². The second kappa shape index (κ2) is 11.5. The van der Waals surface area contributed by atoms with E-state index in [-0.39, 0.29) is 0 Å². The first-order valence-electron chi connectivity index (χ1n) is 15.8. The lowest BCUT2D eigenvalue weighted by molar-refractivity contribution is 1.23. The molecule has 3 heteroatoms. The molecule has 0 saturated heterocycles. The van der Waals surface area contributed by atoms with E-state index in [0.29, 0.717) is 0 Å². The smallest absolute Gasteiger partial charge is 0.160 e. The fourth-order valence-corrected chi connectivity index (χ4v) is 7.85. The van der Waals surface area contributed by atoms with Gasteiger partial charge >= 0.3 is 0 Å². The first-order chi connectivity index (χ1) is 23.3. The number of para-hydroxylation sites is 1. The Morgan fingerprint density at radius 1 is 0.340 bits per heavy atom. The molecule has 0 radical (unpaired) electrons. The summed E-state index contributed by atoms with van der Waals surface area (Å²) in [5.41, 5.74) is 13.6. The maximum atomic E-state index is 5.22. The highest BCUT2D eigenvalue weighted by molar-refractivity contribution is 7.99. The molecule has 0 aliphatic carbocycles. The summed E-state index contributed by atoms with van der Waals surface area (Å²) >= 11 is 1.83. The maximum Gasteiger partial charge on any atom is 0.160 e. The fraction of sp³-hybridized carbons (Fsp3) is 0. The van der Waals surface area contributed by atoms with Crippen LogP contribution in [0.3, 0.4) is 0 Å². The highest BCUT2D eigenvalue weighted by Gasteiger charge is 2.22. The standard InChI is InChI=1S/C44H28N2S/c1-2-14-29(15-3-1)44-45-40-23-11-8-22-38(40)43(46-44)30-26-27-35-33-18-5-4-16-31(33)32-17-6-7-19-34(32)36-20-9-12-24-41(36)47-42-25-13-10-21-37(42)39(35)28-30/h1-28H. The molecule has 47 heavy (non-hydrogen) atoms. The molecule has 1 aliphatic rings. The van der Waals surface area contributed by atoms with E-state index in [1.165, 1.54) is 54.3 Å². The lowest BCUT2D eigenvalue weighted by Crippen LogP contribution is -1.96. The molecule has 1 aromatic heterocycles. The van der Waals surface area contributed by atoms with Crippen LogP contribution in [0.5, 0.6) is 0 Å². The molecule has 2 nitrogen and oxygen atoms in total. The van der Waals surface area contributed by atoms with E-state index in [1.807, 2.05) is 36.0 Å². The average molecular weight is 617 g/mol. The van der Waals surface area contributed by atoms with Gasteiger partial charge in [0.05, 0.1) is 11.2 Å². The van der Waals surface area contributed by atoms with Gasteiger partial charge in [-0.3, -0.25) is 0 Å². The zero-order valence-electron chi connectivity index (χ0n) is 25.5. The lowest BCUT2D eigenvalue weighted by atomic mass is 9.86. The molecular formula is C44H28N2S. The van der Waals surface area contributed by atoms with Crippen molar-refractivity contribution in [2.24, 2.45) is 0 Å². The molecule has 7 aromatic carbocycles. The van der Waals surface area contributed by atoms with Crippen molar-refractivity contribution in [2.75, 3.05) is 0 Å². The molecule has 2 heterocycles. The fourth-order valence-electron chi connectivity index (χ4n) is 6.74. The second-order valence-electron chi connectivity index (χ2n) is 11.7. The minimum Gasteiger partial charge on any atom is -0.228 e. The zero-order chi connectivity index (χ0) is 31.2. The topological polar surface area (TPSA) is 25.8 Å². The summed E-state index contributed by atoms with van der Waals surface area (Å²) in [4.78, 5) is 12.6. The van der Waals surface area contributed by atoms with Gasteiger partial charge in [0.2, 0.25) is 0 Å². The van der Waals surface area contributed by atoms with Gasteiger partial charge in [0.15, 0.2) is 5.82 Å². The third-order valence-electron chi connectivity index (χ3n) is 8.94. The zero-order valence-corrected chi connectivity index (χ0v) is 26.3. The minimum absolute atomic E-state index is 0.727. The Morgan fingerprint density at radius 2 is 0.830 bits per heavy atom. The van der Waals surface area contributed by atoms with E-state index in [4.69, 9.17) is 9.97 Å². The summed E-state index contributed by atoms with van der Waals surface area (Å²) in [5.74, 6) is 0.727. The van der Waals surface area contributed by atoms with Crippen LogP contribution in [-0.4, -0.2) is 9.97 Å². The van der Waals surface area contributed by atoms with Gasteiger partial charge in [0.1, 0.15) is 0 Å². The Kier molecular flexibility index (Phi) is 6.76. The van der Waals surface area contributed by atoms with Crippen molar-refractivity contribution >= 4 is 22.7 Å². The Labute approximate surface area is 278 Å². The Morgan fingerprint density at radius 3 is 1.49 bits per heavy atom. The molecule has 0 saturated carbocycles. The van der Waals surface area contributed by atoms with E-state index in [9.17, 15) is 0 Å². The summed E-state index contributed by atoms with van der Waals surface area (Å²) in [6, 6.07) is 60.6. The predicted octanol–water partition coefficient (Wildman–Crippen LogP) is 12.1. The van der Waals surface area contributed by atoms with Crippen LogP contribution < -0.4 is 0 Å². The molecule has 9 rings (SSSR count). The number of benzene rings is 7. The lowest BCUT2D eigenvalue weighted by Gasteiger charge is -2.18. The van der Waals surface area contributed by atoms with Gasteiger partial charge < -0.3 is 0 Å². The molecule has 1 aliphatic heterocycles. The number of fused-ring (bicyclic) bond motifs is 10. The summed E-state index contributed by atoms with van der Waals surface area (Å²) in [7, 11) is 0. The number of hydrogen-bond donors (Lipinski definition) is 0. The van der Waals surface area contributed by atoms with Crippen LogP contribution in [0.2, 0.25) is 0 Å². The van der Waals surface area contributed by atoms with E-state index in [0.717, 1.165) is 33.5 Å². The van der Waals surface area contributed by atoms with Crippen molar-refractivity contribution in [3.8, 4) is 67.2 Å². The maximum absolute atomic E-state index is 5.22. The first kappa shape index (κ1) is 27.5. The summed E-state index contributed by atoms with van der Waals surface area (Å²) < 4.78 is 0. The SMILES string of the molecule is c1ccc(-c2nc(-c3ccc4c(c3)-c3ccccc3Sc3ccccc3-c3ccccc3-c3ccccc3-4)c3ccccc3n2)cc1. The highest BCUT2D eigenvalue weighted by Crippen LogP contribution is 2.49. The van der Waals surface area contributed by atoms with E-state index in [2.05, 4.69) is 146 Å². The van der Waals surface area contributed by atoms with Crippen molar-refractivity contribution in [1.82, 2.24) is 9.97 Å². The van der Waals surface area contributed by atoms with Gasteiger partial charge in [-0.15, -0.1) is 0 Å². The first-order valence-corrected chi connectivity index (χ1v) is 16.7. The predicted molar refractivity (Wildman–Crippen MR) is 196 cm³/mol. The summed E-state index contributed by atoms with van der Waals surface area (Å²) in [5, 5.41) is 1.04. The van der Waals surface area contributed by atoms with Gasteiger partial charge in [0, 0.05) is 26.3 Å². The van der Waals surface area contributed by atoms with Crippen molar-refractivity contribution in [3.63, 3.8) is 0 Å². The van der Waals surface area contributed by atoms with Gasteiger partial charge in [-0.2, -0.15) is 0 Å².